The number of hydrogen-bond donors (Lipinski definition) is 1. The van der Waals surface area contributed by atoms with Gasteiger partial charge in [-0.05, 0) is 24.6 Å². The first kappa shape index (κ1) is 12.0. The Morgan fingerprint density at radius 3 is 2.95 bits per heavy atom. The molecule has 96 valence electrons. The molecule has 0 aliphatic carbocycles. The van der Waals surface area contributed by atoms with Gasteiger partial charge in [0, 0.05) is 5.39 Å². The van der Waals surface area contributed by atoms with E-state index in [1.54, 1.807) is 0 Å². The molecule has 0 atom stereocenters. The van der Waals surface area contributed by atoms with Gasteiger partial charge in [0.25, 0.3) is 0 Å². The van der Waals surface area contributed by atoms with E-state index in [1.165, 1.54) is 11.8 Å². The van der Waals surface area contributed by atoms with E-state index in [2.05, 4.69) is 10.2 Å². The molecule has 0 aliphatic rings. The number of thioether (sulfide) groups is 1. The number of carboxylic acids is 1. The number of hydrogen-bond acceptors (Lipinski definition) is 4. The summed E-state index contributed by atoms with van der Waals surface area (Å²) in [5.74, 6) is -0.888. The first-order chi connectivity index (χ1) is 9.16. The molecule has 1 aromatic carbocycles. The predicted molar refractivity (Wildman–Crippen MR) is 73.6 cm³/mol. The number of carbonyl (C=O) groups is 1. The Balaban J connectivity index is 2.25. The minimum absolute atomic E-state index is 0.0248. The van der Waals surface area contributed by atoms with Crippen molar-refractivity contribution in [3.05, 3.63) is 35.9 Å². The molecule has 0 saturated carbocycles. The molecular weight excluding hydrogens is 262 g/mol. The maximum absolute atomic E-state index is 10.7. The van der Waals surface area contributed by atoms with E-state index in [1.807, 2.05) is 41.7 Å². The molecule has 0 amide bonds. The Bertz CT molecular complexity index is 782. The zero-order chi connectivity index (χ0) is 13.4. The number of aliphatic carboxylic acids is 1. The number of nitrogens with zero attached hydrogens (tertiary/aromatic N) is 3. The van der Waals surface area contributed by atoms with Crippen LogP contribution in [0.2, 0.25) is 0 Å². The molecule has 6 heteroatoms. The topological polar surface area (TPSA) is 67.5 Å². The molecule has 0 fully saturated rings. The molecule has 2 heterocycles. The standard InChI is InChI=1S/C13H11N3O2S/c1-8-6-11-14-15-13(19-7-12(17)18)16(11)10-5-3-2-4-9(8)10/h2-6H,7H2,1H3,(H,17,18). The van der Waals surface area contributed by atoms with Crippen molar-refractivity contribution in [2.24, 2.45) is 0 Å². The summed E-state index contributed by atoms with van der Waals surface area (Å²) >= 11 is 1.18. The predicted octanol–water partition coefficient (Wildman–Crippen LogP) is 2.37. The highest BCUT2D eigenvalue weighted by atomic mass is 32.2. The van der Waals surface area contributed by atoms with Crippen LogP contribution in [0.25, 0.3) is 16.6 Å². The maximum Gasteiger partial charge on any atom is 0.313 e. The van der Waals surface area contributed by atoms with Gasteiger partial charge >= 0.3 is 5.97 Å². The molecule has 0 unspecified atom stereocenters. The number of benzene rings is 1. The SMILES string of the molecule is Cc1cc2nnc(SCC(=O)O)n2c2ccccc12. The van der Waals surface area contributed by atoms with E-state index in [0.29, 0.717) is 5.16 Å². The van der Waals surface area contributed by atoms with Crippen molar-refractivity contribution in [2.75, 3.05) is 5.75 Å². The Kier molecular flexibility index (Phi) is 2.87. The zero-order valence-corrected chi connectivity index (χ0v) is 11.0. The number of aromatic nitrogens is 3. The first-order valence-corrected chi connectivity index (χ1v) is 6.73. The van der Waals surface area contributed by atoms with E-state index in [0.717, 1.165) is 22.1 Å². The van der Waals surface area contributed by atoms with Crippen molar-refractivity contribution < 1.29 is 9.90 Å². The van der Waals surface area contributed by atoms with E-state index in [-0.39, 0.29) is 5.75 Å². The van der Waals surface area contributed by atoms with Crippen molar-refractivity contribution in [1.29, 1.82) is 0 Å². The molecule has 1 N–H and O–H groups in total. The molecule has 3 aromatic rings. The lowest BCUT2D eigenvalue weighted by molar-refractivity contribution is -0.133. The number of fused-ring (bicyclic) bond motifs is 3. The highest BCUT2D eigenvalue weighted by molar-refractivity contribution is 7.99. The highest BCUT2D eigenvalue weighted by Crippen LogP contribution is 2.25. The molecule has 19 heavy (non-hydrogen) atoms. The second-order valence-electron chi connectivity index (χ2n) is 4.20. The van der Waals surface area contributed by atoms with Gasteiger partial charge in [0.15, 0.2) is 10.8 Å². The van der Waals surface area contributed by atoms with Crippen LogP contribution < -0.4 is 0 Å². The number of para-hydroxylation sites is 1. The molecule has 3 rings (SSSR count). The van der Waals surface area contributed by atoms with Gasteiger partial charge in [0.1, 0.15) is 0 Å². The average Bonchev–Trinajstić information content (AvgIpc) is 2.80. The van der Waals surface area contributed by atoms with Gasteiger partial charge in [-0.3, -0.25) is 9.20 Å². The monoisotopic (exact) mass is 273 g/mol. The fraction of sp³-hybridized carbons (Fsp3) is 0.154. The molecular formula is C13H11N3O2S. The van der Waals surface area contributed by atoms with Crippen LogP contribution >= 0.6 is 11.8 Å². The van der Waals surface area contributed by atoms with Gasteiger partial charge in [-0.1, -0.05) is 30.0 Å². The summed E-state index contributed by atoms with van der Waals surface area (Å²) in [7, 11) is 0. The Hall–Kier alpha value is -2.08. The van der Waals surface area contributed by atoms with Crippen LogP contribution in [0.1, 0.15) is 5.56 Å². The number of carboxylic acid groups (broad SMARTS) is 1. The summed E-state index contributed by atoms with van der Waals surface area (Å²) < 4.78 is 1.90. The lowest BCUT2D eigenvalue weighted by Crippen LogP contribution is -2.00. The van der Waals surface area contributed by atoms with E-state index in [9.17, 15) is 4.79 Å². The Morgan fingerprint density at radius 1 is 1.37 bits per heavy atom. The van der Waals surface area contributed by atoms with Gasteiger partial charge < -0.3 is 5.11 Å². The lowest BCUT2D eigenvalue weighted by Gasteiger charge is -2.06. The van der Waals surface area contributed by atoms with Crippen molar-refractivity contribution in [2.45, 2.75) is 12.1 Å². The normalized spacial score (nSPS) is 11.2. The van der Waals surface area contributed by atoms with Crippen LogP contribution in [-0.2, 0) is 4.79 Å². The van der Waals surface area contributed by atoms with Crippen molar-refractivity contribution in [1.82, 2.24) is 14.6 Å². The molecule has 5 nitrogen and oxygen atoms in total. The van der Waals surface area contributed by atoms with Gasteiger partial charge in [-0.2, -0.15) is 0 Å². The molecule has 0 spiro atoms. The van der Waals surface area contributed by atoms with Gasteiger partial charge in [-0.15, -0.1) is 10.2 Å². The fourth-order valence-electron chi connectivity index (χ4n) is 2.09. The molecule has 0 saturated heterocycles. The maximum atomic E-state index is 10.7. The van der Waals surface area contributed by atoms with Crippen LogP contribution in [0.5, 0.6) is 0 Å². The molecule has 0 aliphatic heterocycles. The van der Waals surface area contributed by atoms with E-state index >= 15 is 0 Å². The largest absolute Gasteiger partial charge is 0.481 e. The van der Waals surface area contributed by atoms with Crippen molar-refractivity contribution >= 4 is 34.3 Å². The van der Waals surface area contributed by atoms with Crippen LogP contribution in [0.3, 0.4) is 0 Å². The van der Waals surface area contributed by atoms with E-state index < -0.39 is 5.97 Å². The molecule has 0 bridgehead atoms. The smallest absolute Gasteiger partial charge is 0.313 e. The van der Waals surface area contributed by atoms with Crippen LogP contribution in [0, 0.1) is 6.92 Å². The number of aryl methyl sites for hydroxylation is 1. The third-order valence-electron chi connectivity index (χ3n) is 2.90. The summed E-state index contributed by atoms with van der Waals surface area (Å²) in [4.78, 5) is 10.7. The minimum atomic E-state index is -0.863. The minimum Gasteiger partial charge on any atom is -0.481 e. The summed E-state index contributed by atoms with van der Waals surface area (Å²) in [6.07, 6.45) is 0. The van der Waals surface area contributed by atoms with Crippen LogP contribution in [0.4, 0.5) is 0 Å². The quantitative estimate of drug-likeness (QED) is 0.742. The second-order valence-corrected chi connectivity index (χ2v) is 5.15. The summed E-state index contributed by atoms with van der Waals surface area (Å²) in [5, 5.41) is 18.7. The molecule has 0 radical (unpaired) electrons. The fourth-order valence-corrected chi connectivity index (χ4v) is 2.77. The van der Waals surface area contributed by atoms with Crippen molar-refractivity contribution in [3.63, 3.8) is 0 Å². The average molecular weight is 273 g/mol. The Labute approximate surface area is 113 Å². The van der Waals surface area contributed by atoms with Gasteiger partial charge in [-0.25, -0.2) is 0 Å². The lowest BCUT2D eigenvalue weighted by atomic mass is 10.1. The number of pyridine rings is 1. The highest BCUT2D eigenvalue weighted by Gasteiger charge is 2.12. The second kappa shape index (κ2) is 4.55. The van der Waals surface area contributed by atoms with E-state index in [4.69, 9.17) is 5.11 Å². The van der Waals surface area contributed by atoms with Crippen molar-refractivity contribution in [3.8, 4) is 0 Å². The van der Waals surface area contributed by atoms with Gasteiger partial charge in [0.05, 0.1) is 11.3 Å². The number of rotatable bonds is 3. The first-order valence-electron chi connectivity index (χ1n) is 5.75. The van der Waals surface area contributed by atoms with Crippen LogP contribution in [0.15, 0.2) is 35.5 Å². The summed E-state index contributed by atoms with van der Waals surface area (Å²) in [6.45, 7) is 2.03. The summed E-state index contributed by atoms with van der Waals surface area (Å²) in [5.41, 5.74) is 2.87. The summed E-state index contributed by atoms with van der Waals surface area (Å²) in [6, 6.07) is 9.92. The Morgan fingerprint density at radius 2 is 2.16 bits per heavy atom. The van der Waals surface area contributed by atoms with Crippen LogP contribution in [-0.4, -0.2) is 31.4 Å². The van der Waals surface area contributed by atoms with Gasteiger partial charge in [0.2, 0.25) is 0 Å². The molecule has 2 aromatic heterocycles. The third-order valence-corrected chi connectivity index (χ3v) is 3.81. The third kappa shape index (κ3) is 2.04. The zero-order valence-electron chi connectivity index (χ0n) is 10.2.